The highest BCUT2D eigenvalue weighted by atomic mass is 16.3. The van der Waals surface area contributed by atoms with E-state index in [9.17, 15) is 5.11 Å². The van der Waals surface area contributed by atoms with Crippen molar-refractivity contribution >= 4 is 16.7 Å². The van der Waals surface area contributed by atoms with Crippen LogP contribution in [-0.2, 0) is 6.42 Å². The summed E-state index contributed by atoms with van der Waals surface area (Å²) in [5, 5.41) is 9.96. The Morgan fingerprint density at radius 2 is 1.88 bits per heavy atom. The molecule has 3 heterocycles. The van der Waals surface area contributed by atoms with Gasteiger partial charge in [-0.2, -0.15) is 0 Å². The molecule has 3 aromatic heterocycles. The maximum atomic E-state index is 9.96. The van der Waals surface area contributed by atoms with Crippen LogP contribution < -0.4 is 0 Å². The number of nitrogens with one attached hydrogen (secondary N) is 1. The SMILES string of the molecule is Cc1nc(-c2ccc(CC(C)(C)O)cc2)c2cnc3[nH]ccc3n12. The maximum absolute atomic E-state index is 9.96. The van der Waals surface area contributed by atoms with Crippen molar-refractivity contribution < 1.29 is 5.11 Å². The van der Waals surface area contributed by atoms with Gasteiger partial charge in [-0.1, -0.05) is 24.3 Å². The fraction of sp³-hybridized carbons (Fsp3) is 0.263. The highest BCUT2D eigenvalue weighted by Crippen LogP contribution is 2.27. The summed E-state index contributed by atoms with van der Waals surface area (Å²) >= 11 is 0. The molecule has 0 atom stereocenters. The Kier molecular flexibility index (Phi) is 3.21. The van der Waals surface area contributed by atoms with E-state index in [1.165, 1.54) is 0 Å². The van der Waals surface area contributed by atoms with Crippen LogP contribution in [0, 0.1) is 6.92 Å². The van der Waals surface area contributed by atoms with Gasteiger partial charge < -0.3 is 10.1 Å². The van der Waals surface area contributed by atoms with Crippen molar-refractivity contribution in [3.05, 3.63) is 54.1 Å². The molecule has 0 saturated carbocycles. The van der Waals surface area contributed by atoms with E-state index in [0.717, 1.165) is 39.3 Å². The molecule has 0 aliphatic heterocycles. The lowest BCUT2D eigenvalue weighted by molar-refractivity contribution is 0.0810. The minimum Gasteiger partial charge on any atom is -0.390 e. The molecule has 0 aliphatic rings. The standard InChI is InChI=1S/C19H20N4O/c1-12-22-17(14-6-4-13(5-7-14)10-19(2,3)24)16-11-21-18-15(23(12)16)8-9-20-18/h4-9,11,20,24H,10H2,1-3H3. The molecule has 2 N–H and O–H groups in total. The minimum atomic E-state index is -0.705. The number of aryl methyl sites for hydroxylation is 1. The van der Waals surface area contributed by atoms with Gasteiger partial charge in [0.15, 0.2) is 5.65 Å². The lowest BCUT2D eigenvalue weighted by Gasteiger charge is -2.16. The number of rotatable bonds is 3. The highest BCUT2D eigenvalue weighted by molar-refractivity contribution is 5.84. The number of benzene rings is 1. The van der Waals surface area contributed by atoms with E-state index in [-0.39, 0.29) is 0 Å². The number of fused-ring (bicyclic) bond motifs is 3. The molecule has 5 nitrogen and oxygen atoms in total. The van der Waals surface area contributed by atoms with Gasteiger partial charge in [0.05, 0.1) is 28.5 Å². The molecule has 0 unspecified atom stereocenters. The van der Waals surface area contributed by atoms with E-state index in [1.54, 1.807) is 0 Å². The molecule has 1 aromatic carbocycles. The Labute approximate surface area is 140 Å². The van der Waals surface area contributed by atoms with Crippen molar-refractivity contribution in [1.82, 2.24) is 19.4 Å². The van der Waals surface area contributed by atoms with Crippen LogP contribution in [0.1, 0.15) is 25.2 Å². The first-order chi connectivity index (χ1) is 11.4. The Hall–Kier alpha value is -2.66. The Bertz CT molecular complexity index is 1020. The first kappa shape index (κ1) is 14.9. The Morgan fingerprint density at radius 3 is 2.58 bits per heavy atom. The van der Waals surface area contributed by atoms with Gasteiger partial charge in [-0.15, -0.1) is 0 Å². The Morgan fingerprint density at radius 1 is 1.12 bits per heavy atom. The highest BCUT2D eigenvalue weighted by Gasteiger charge is 2.16. The fourth-order valence-corrected chi connectivity index (χ4v) is 3.23. The van der Waals surface area contributed by atoms with E-state index < -0.39 is 5.60 Å². The van der Waals surface area contributed by atoms with Crippen LogP contribution in [0.15, 0.2) is 42.7 Å². The van der Waals surface area contributed by atoms with Crippen LogP contribution in [0.4, 0.5) is 0 Å². The molecule has 4 rings (SSSR count). The summed E-state index contributed by atoms with van der Waals surface area (Å²) in [4.78, 5) is 12.4. The molecule has 4 aromatic rings. The van der Waals surface area contributed by atoms with E-state index in [4.69, 9.17) is 4.98 Å². The average Bonchev–Trinajstić information content (AvgIpc) is 3.10. The number of imidazole rings is 1. The van der Waals surface area contributed by atoms with E-state index in [1.807, 2.05) is 39.2 Å². The van der Waals surface area contributed by atoms with Crippen LogP contribution >= 0.6 is 0 Å². The number of nitrogens with zero attached hydrogens (tertiary/aromatic N) is 3. The molecule has 0 aliphatic carbocycles. The summed E-state index contributed by atoms with van der Waals surface area (Å²) in [6.07, 6.45) is 4.38. The van der Waals surface area contributed by atoms with Gasteiger partial charge in [0, 0.05) is 18.2 Å². The maximum Gasteiger partial charge on any atom is 0.154 e. The summed E-state index contributed by atoms with van der Waals surface area (Å²) in [6, 6.07) is 10.2. The molecule has 0 spiro atoms. The Balaban J connectivity index is 1.82. The third-order valence-corrected chi connectivity index (χ3v) is 4.21. The molecule has 0 amide bonds. The third kappa shape index (κ3) is 2.47. The molecule has 0 fully saturated rings. The molecule has 24 heavy (non-hydrogen) atoms. The first-order valence-corrected chi connectivity index (χ1v) is 8.05. The molecular weight excluding hydrogens is 300 g/mol. The monoisotopic (exact) mass is 320 g/mol. The molecule has 0 radical (unpaired) electrons. The fourth-order valence-electron chi connectivity index (χ4n) is 3.23. The van der Waals surface area contributed by atoms with Crippen molar-refractivity contribution in [1.29, 1.82) is 0 Å². The van der Waals surface area contributed by atoms with Gasteiger partial charge in [-0.05, 0) is 32.4 Å². The molecule has 5 heteroatoms. The van der Waals surface area contributed by atoms with Crippen LogP contribution in [0.3, 0.4) is 0 Å². The zero-order valence-corrected chi connectivity index (χ0v) is 14.0. The summed E-state index contributed by atoms with van der Waals surface area (Å²) < 4.78 is 2.12. The van der Waals surface area contributed by atoms with Crippen LogP contribution in [-0.4, -0.2) is 30.1 Å². The lowest BCUT2D eigenvalue weighted by atomic mass is 9.97. The van der Waals surface area contributed by atoms with Gasteiger partial charge in [-0.3, -0.25) is 4.40 Å². The van der Waals surface area contributed by atoms with E-state index in [2.05, 4.69) is 38.6 Å². The summed E-state index contributed by atoms with van der Waals surface area (Å²) in [5.41, 5.74) is 5.27. The second-order valence-electron chi connectivity index (χ2n) is 6.88. The van der Waals surface area contributed by atoms with Crippen molar-refractivity contribution in [2.45, 2.75) is 32.8 Å². The third-order valence-electron chi connectivity index (χ3n) is 4.21. The van der Waals surface area contributed by atoms with E-state index >= 15 is 0 Å². The normalized spacial score (nSPS) is 12.3. The largest absolute Gasteiger partial charge is 0.390 e. The van der Waals surface area contributed by atoms with Gasteiger partial charge in [0.1, 0.15) is 5.82 Å². The van der Waals surface area contributed by atoms with Crippen molar-refractivity contribution in [3.63, 3.8) is 0 Å². The van der Waals surface area contributed by atoms with Gasteiger partial charge in [0.25, 0.3) is 0 Å². The molecule has 0 saturated heterocycles. The quantitative estimate of drug-likeness (QED) is 0.607. The number of aliphatic hydroxyl groups is 1. The van der Waals surface area contributed by atoms with E-state index in [0.29, 0.717) is 6.42 Å². The smallest absolute Gasteiger partial charge is 0.154 e. The van der Waals surface area contributed by atoms with Crippen molar-refractivity contribution in [3.8, 4) is 11.3 Å². The van der Waals surface area contributed by atoms with Crippen LogP contribution in [0.2, 0.25) is 0 Å². The topological polar surface area (TPSA) is 66.2 Å². The summed E-state index contributed by atoms with van der Waals surface area (Å²) in [6.45, 7) is 5.65. The average molecular weight is 320 g/mol. The second-order valence-corrected chi connectivity index (χ2v) is 6.88. The van der Waals surface area contributed by atoms with Crippen molar-refractivity contribution in [2.24, 2.45) is 0 Å². The van der Waals surface area contributed by atoms with Crippen LogP contribution in [0.25, 0.3) is 27.9 Å². The van der Waals surface area contributed by atoms with Gasteiger partial charge >= 0.3 is 0 Å². The zero-order valence-electron chi connectivity index (χ0n) is 14.0. The second kappa shape index (κ2) is 5.18. The predicted octanol–water partition coefficient (Wildman–Crippen LogP) is 3.50. The molecular formula is C19H20N4O. The number of aromatic nitrogens is 4. The lowest BCUT2D eigenvalue weighted by Crippen LogP contribution is -2.21. The first-order valence-electron chi connectivity index (χ1n) is 8.05. The van der Waals surface area contributed by atoms with Crippen molar-refractivity contribution in [2.75, 3.05) is 0 Å². The van der Waals surface area contributed by atoms with Gasteiger partial charge in [0.2, 0.25) is 0 Å². The number of aromatic amines is 1. The number of hydrogen-bond acceptors (Lipinski definition) is 3. The zero-order chi connectivity index (χ0) is 16.9. The minimum absolute atomic E-state index is 0.627. The summed E-state index contributed by atoms with van der Waals surface area (Å²) in [7, 11) is 0. The summed E-state index contributed by atoms with van der Waals surface area (Å²) in [5.74, 6) is 0.938. The number of hydrogen-bond donors (Lipinski definition) is 2. The molecule has 0 bridgehead atoms. The predicted molar refractivity (Wildman–Crippen MR) is 95.0 cm³/mol. The number of H-pyrrole nitrogens is 1. The van der Waals surface area contributed by atoms with Gasteiger partial charge in [-0.25, -0.2) is 9.97 Å². The van der Waals surface area contributed by atoms with Crippen LogP contribution in [0.5, 0.6) is 0 Å². The molecule has 122 valence electrons.